The zero-order valence-corrected chi connectivity index (χ0v) is 7.89. The molecule has 88 valence electrons. The van der Waals surface area contributed by atoms with Crippen LogP contribution < -0.4 is 10.6 Å². The van der Waals surface area contributed by atoms with Crippen molar-refractivity contribution in [3.8, 4) is 0 Å². The van der Waals surface area contributed by atoms with Crippen molar-refractivity contribution in [2.45, 2.75) is 25.6 Å². The Hall–Kier alpha value is -1.47. The van der Waals surface area contributed by atoms with Gasteiger partial charge in [-0.2, -0.15) is 13.2 Å². The third-order valence-electron chi connectivity index (χ3n) is 1.41. The van der Waals surface area contributed by atoms with Crippen molar-refractivity contribution in [3.05, 3.63) is 0 Å². The topological polar surface area (TPSA) is 78.4 Å². The monoisotopic (exact) mass is 228 g/mol. The van der Waals surface area contributed by atoms with Crippen molar-refractivity contribution >= 4 is 12.0 Å². The number of carboxylic acid groups (broad SMARTS) is 1. The minimum absolute atomic E-state index is 0.582. The molecule has 0 saturated carbocycles. The van der Waals surface area contributed by atoms with Gasteiger partial charge in [-0.15, -0.1) is 0 Å². The lowest BCUT2D eigenvalue weighted by atomic mass is 10.3. The number of rotatable bonds is 4. The van der Waals surface area contributed by atoms with Crippen LogP contribution >= 0.6 is 0 Å². The van der Waals surface area contributed by atoms with Gasteiger partial charge in [-0.05, 0) is 6.92 Å². The molecule has 0 rings (SSSR count). The van der Waals surface area contributed by atoms with Crippen LogP contribution in [0.25, 0.3) is 0 Å². The molecule has 0 aliphatic heterocycles. The van der Waals surface area contributed by atoms with Gasteiger partial charge < -0.3 is 15.7 Å². The molecular formula is C7H11F3N2O3. The second-order valence-electron chi connectivity index (χ2n) is 2.83. The minimum Gasteiger partial charge on any atom is -0.480 e. The fourth-order valence-electron chi connectivity index (χ4n) is 0.627. The first kappa shape index (κ1) is 13.5. The van der Waals surface area contributed by atoms with Gasteiger partial charge >= 0.3 is 18.2 Å². The van der Waals surface area contributed by atoms with E-state index in [0.717, 1.165) is 0 Å². The van der Waals surface area contributed by atoms with Crippen LogP contribution in [-0.2, 0) is 4.79 Å². The highest BCUT2D eigenvalue weighted by atomic mass is 19.4. The number of halogens is 3. The van der Waals surface area contributed by atoms with Crippen LogP contribution in [0, 0.1) is 0 Å². The molecule has 5 nitrogen and oxygen atoms in total. The molecule has 1 atom stereocenters. The molecule has 1 unspecified atom stereocenters. The average molecular weight is 228 g/mol. The van der Waals surface area contributed by atoms with E-state index in [1.807, 2.05) is 10.6 Å². The maximum atomic E-state index is 11.6. The molecule has 2 amide bonds. The van der Waals surface area contributed by atoms with E-state index < -0.39 is 37.2 Å². The van der Waals surface area contributed by atoms with Gasteiger partial charge in [0.1, 0.15) is 6.04 Å². The van der Waals surface area contributed by atoms with Crippen LogP contribution in [0.3, 0.4) is 0 Å². The molecule has 0 spiro atoms. The lowest BCUT2D eigenvalue weighted by Crippen LogP contribution is -2.45. The van der Waals surface area contributed by atoms with Crippen LogP contribution in [0.1, 0.15) is 13.3 Å². The summed E-state index contributed by atoms with van der Waals surface area (Å²) in [4.78, 5) is 21.0. The van der Waals surface area contributed by atoms with E-state index in [2.05, 4.69) is 0 Å². The number of carboxylic acids is 1. The van der Waals surface area contributed by atoms with E-state index in [4.69, 9.17) is 5.11 Å². The Kier molecular flexibility index (Phi) is 4.89. The lowest BCUT2D eigenvalue weighted by Gasteiger charge is -2.11. The van der Waals surface area contributed by atoms with Crippen molar-refractivity contribution in [1.29, 1.82) is 0 Å². The Bertz CT molecular complexity index is 242. The van der Waals surface area contributed by atoms with E-state index in [1.54, 1.807) is 0 Å². The molecule has 0 saturated heterocycles. The number of carbonyl (C=O) groups excluding carboxylic acids is 1. The number of hydrogen-bond donors (Lipinski definition) is 3. The van der Waals surface area contributed by atoms with Crippen LogP contribution in [0.5, 0.6) is 0 Å². The normalized spacial score (nSPS) is 13.1. The van der Waals surface area contributed by atoms with Gasteiger partial charge in [0.2, 0.25) is 0 Å². The predicted octanol–water partition coefficient (Wildman–Crippen LogP) is 0.711. The molecule has 0 aromatic heterocycles. The summed E-state index contributed by atoms with van der Waals surface area (Å²) in [5.41, 5.74) is 0. The van der Waals surface area contributed by atoms with Gasteiger partial charge in [0.25, 0.3) is 0 Å². The van der Waals surface area contributed by atoms with Crippen molar-refractivity contribution < 1.29 is 27.9 Å². The third kappa shape index (κ3) is 7.59. The fraction of sp³-hybridized carbons (Fsp3) is 0.714. The summed E-state index contributed by atoms with van der Waals surface area (Å²) in [6, 6.07) is -2.08. The first-order valence-corrected chi connectivity index (χ1v) is 4.06. The summed E-state index contributed by atoms with van der Waals surface area (Å²) < 4.78 is 34.9. The Morgan fingerprint density at radius 1 is 1.40 bits per heavy atom. The van der Waals surface area contributed by atoms with Crippen LogP contribution in [0.15, 0.2) is 0 Å². The Balaban J connectivity index is 3.72. The maximum Gasteiger partial charge on any atom is 0.390 e. The molecule has 3 N–H and O–H groups in total. The SMILES string of the molecule is CC(NC(=O)NCCC(F)(F)F)C(=O)O. The van der Waals surface area contributed by atoms with E-state index in [1.165, 1.54) is 6.92 Å². The zero-order chi connectivity index (χ0) is 12.1. The average Bonchev–Trinajstić information content (AvgIpc) is 2.01. The molecule has 0 bridgehead atoms. The smallest absolute Gasteiger partial charge is 0.390 e. The van der Waals surface area contributed by atoms with E-state index in [9.17, 15) is 22.8 Å². The van der Waals surface area contributed by atoms with Gasteiger partial charge in [-0.1, -0.05) is 0 Å². The highest BCUT2D eigenvalue weighted by Crippen LogP contribution is 2.17. The van der Waals surface area contributed by atoms with Crippen molar-refractivity contribution in [3.63, 3.8) is 0 Å². The number of aliphatic carboxylic acids is 1. The summed E-state index contributed by atoms with van der Waals surface area (Å²) >= 11 is 0. The minimum atomic E-state index is -4.34. The molecule has 0 radical (unpaired) electrons. The molecule has 0 aromatic rings. The van der Waals surface area contributed by atoms with Gasteiger partial charge in [0.05, 0.1) is 6.42 Å². The quantitative estimate of drug-likeness (QED) is 0.663. The summed E-state index contributed by atoms with van der Waals surface area (Å²) in [6.07, 6.45) is -5.49. The third-order valence-corrected chi connectivity index (χ3v) is 1.41. The lowest BCUT2D eigenvalue weighted by molar-refractivity contribution is -0.139. The van der Waals surface area contributed by atoms with E-state index in [0.29, 0.717) is 0 Å². The van der Waals surface area contributed by atoms with Gasteiger partial charge in [-0.25, -0.2) is 4.79 Å². The van der Waals surface area contributed by atoms with Crippen LogP contribution in [0.2, 0.25) is 0 Å². The Morgan fingerprint density at radius 2 is 1.93 bits per heavy atom. The first-order valence-electron chi connectivity index (χ1n) is 4.06. The fourth-order valence-corrected chi connectivity index (χ4v) is 0.627. The van der Waals surface area contributed by atoms with Gasteiger partial charge in [-0.3, -0.25) is 4.79 Å². The first-order chi connectivity index (χ1) is 6.72. The van der Waals surface area contributed by atoms with Gasteiger partial charge in [0.15, 0.2) is 0 Å². The predicted molar refractivity (Wildman–Crippen MR) is 44.3 cm³/mol. The molecular weight excluding hydrogens is 217 g/mol. The molecule has 0 aromatic carbocycles. The number of carbonyl (C=O) groups is 2. The second kappa shape index (κ2) is 5.42. The number of hydrogen-bond acceptors (Lipinski definition) is 2. The Morgan fingerprint density at radius 3 is 2.33 bits per heavy atom. The molecule has 0 heterocycles. The molecule has 15 heavy (non-hydrogen) atoms. The number of amides is 2. The van der Waals surface area contributed by atoms with Crippen molar-refractivity contribution in [2.75, 3.05) is 6.54 Å². The molecule has 0 aliphatic rings. The van der Waals surface area contributed by atoms with E-state index >= 15 is 0 Å². The summed E-state index contributed by atoms with van der Waals surface area (Å²) in [5, 5.41) is 12.2. The molecule has 0 fully saturated rings. The largest absolute Gasteiger partial charge is 0.480 e. The number of alkyl halides is 3. The van der Waals surface area contributed by atoms with Crippen LogP contribution in [-0.4, -0.2) is 35.9 Å². The van der Waals surface area contributed by atoms with Crippen LogP contribution in [0.4, 0.5) is 18.0 Å². The molecule has 8 heteroatoms. The maximum absolute atomic E-state index is 11.6. The summed E-state index contributed by atoms with van der Waals surface area (Å²) in [6.45, 7) is 0.618. The van der Waals surface area contributed by atoms with Gasteiger partial charge in [0, 0.05) is 6.54 Å². The molecule has 0 aliphatic carbocycles. The van der Waals surface area contributed by atoms with E-state index in [-0.39, 0.29) is 0 Å². The Labute approximate surface area is 83.6 Å². The summed E-state index contributed by atoms with van der Waals surface area (Å²) in [7, 11) is 0. The second-order valence-corrected chi connectivity index (χ2v) is 2.83. The number of urea groups is 1. The zero-order valence-electron chi connectivity index (χ0n) is 7.89. The number of nitrogens with one attached hydrogen (secondary N) is 2. The highest BCUT2D eigenvalue weighted by molar-refractivity contribution is 5.82. The standard InChI is InChI=1S/C7H11F3N2O3/c1-4(5(13)14)12-6(15)11-3-2-7(8,9)10/h4H,2-3H2,1H3,(H,13,14)(H2,11,12,15). The van der Waals surface area contributed by atoms with Crippen molar-refractivity contribution in [1.82, 2.24) is 10.6 Å². The highest BCUT2D eigenvalue weighted by Gasteiger charge is 2.26. The van der Waals surface area contributed by atoms with Crippen molar-refractivity contribution in [2.24, 2.45) is 0 Å². The summed E-state index contributed by atoms with van der Waals surface area (Å²) in [5.74, 6) is -1.26.